The van der Waals surface area contributed by atoms with E-state index in [0.29, 0.717) is 42.0 Å². The minimum atomic E-state index is -1.66. The summed E-state index contributed by atoms with van der Waals surface area (Å²) in [6, 6.07) is 17.6. The van der Waals surface area contributed by atoms with Gasteiger partial charge in [0.2, 0.25) is 5.78 Å². The number of allylic oxidation sites excluding steroid dienone is 1. The van der Waals surface area contributed by atoms with Gasteiger partial charge in [-0.25, -0.2) is 4.79 Å². The van der Waals surface area contributed by atoms with Gasteiger partial charge in [-0.15, -0.1) is 0 Å². The predicted octanol–water partition coefficient (Wildman–Crippen LogP) is 4.47. The fraction of sp³-hybridized carbons (Fsp3) is 0.257. The average molecular weight is 589 g/mol. The Hall–Kier alpha value is -5.02. The van der Waals surface area contributed by atoms with Crippen molar-refractivity contribution in [2.45, 2.75) is 31.8 Å². The molecule has 3 aromatic carbocycles. The summed E-state index contributed by atoms with van der Waals surface area (Å²) in [6.45, 7) is 3.08. The molecular weight excluding hydrogens is 556 g/mol. The van der Waals surface area contributed by atoms with Crippen molar-refractivity contribution in [1.82, 2.24) is 20.1 Å². The second-order valence-electron chi connectivity index (χ2n) is 11.8. The summed E-state index contributed by atoms with van der Waals surface area (Å²) in [5.74, 6) is -0.817. The summed E-state index contributed by atoms with van der Waals surface area (Å²) >= 11 is 0. The second-order valence-corrected chi connectivity index (χ2v) is 11.8. The van der Waals surface area contributed by atoms with Gasteiger partial charge in [0.1, 0.15) is 5.75 Å². The normalized spacial score (nSPS) is 19.3. The molecule has 0 radical (unpaired) electrons. The summed E-state index contributed by atoms with van der Waals surface area (Å²) in [7, 11) is 4.45. The Morgan fingerprint density at radius 1 is 0.955 bits per heavy atom. The van der Waals surface area contributed by atoms with Crippen molar-refractivity contribution in [3.05, 3.63) is 105 Å². The van der Waals surface area contributed by atoms with E-state index in [2.05, 4.69) is 40.6 Å². The summed E-state index contributed by atoms with van der Waals surface area (Å²) < 4.78 is 5.66. The lowest BCUT2D eigenvalue weighted by atomic mass is 9.65. The summed E-state index contributed by atoms with van der Waals surface area (Å²) in [4.78, 5) is 61.5. The third kappa shape index (κ3) is 3.75. The maximum Gasteiger partial charge on any atom is 0.327 e. The number of nitrogens with zero attached hydrogens (tertiary/aromatic N) is 2. The number of imide groups is 1. The number of hydrogen-bond donors (Lipinski definition) is 2. The van der Waals surface area contributed by atoms with E-state index in [0.717, 1.165) is 16.0 Å². The van der Waals surface area contributed by atoms with E-state index in [9.17, 15) is 19.2 Å². The van der Waals surface area contributed by atoms with Crippen molar-refractivity contribution in [1.29, 1.82) is 0 Å². The zero-order chi connectivity index (χ0) is 30.9. The molecule has 9 heteroatoms. The lowest BCUT2D eigenvalue weighted by molar-refractivity contribution is -0.130. The van der Waals surface area contributed by atoms with E-state index in [1.54, 1.807) is 12.3 Å². The number of carbonyl (C=O) groups excluding carboxylic acids is 4. The van der Waals surface area contributed by atoms with Crippen LogP contribution in [0.15, 0.2) is 66.4 Å². The molecule has 222 valence electrons. The number of hydrogen-bond acceptors (Lipinski definition) is 6. The van der Waals surface area contributed by atoms with Gasteiger partial charge in [0.05, 0.1) is 18.4 Å². The van der Waals surface area contributed by atoms with Crippen LogP contribution >= 0.6 is 0 Å². The van der Waals surface area contributed by atoms with E-state index in [4.69, 9.17) is 4.74 Å². The van der Waals surface area contributed by atoms with Gasteiger partial charge in [0.15, 0.2) is 11.3 Å². The summed E-state index contributed by atoms with van der Waals surface area (Å²) in [6.07, 6.45) is 2.22. The molecule has 2 heterocycles. The highest BCUT2D eigenvalue weighted by atomic mass is 16.5. The molecule has 2 aliphatic carbocycles. The van der Waals surface area contributed by atoms with Crippen molar-refractivity contribution in [3.63, 3.8) is 0 Å². The van der Waals surface area contributed by atoms with Crippen molar-refractivity contribution < 1.29 is 23.9 Å². The number of aryl methyl sites for hydroxylation is 1. The van der Waals surface area contributed by atoms with Crippen LogP contribution in [0.3, 0.4) is 0 Å². The van der Waals surface area contributed by atoms with Crippen molar-refractivity contribution in [2.24, 2.45) is 0 Å². The Bertz CT molecular complexity index is 1970. The molecule has 3 amide bonds. The highest BCUT2D eigenvalue weighted by molar-refractivity contribution is 6.43. The number of rotatable bonds is 6. The number of amides is 3. The van der Waals surface area contributed by atoms with Crippen LogP contribution in [0, 0.1) is 6.92 Å². The number of aromatic nitrogens is 1. The van der Waals surface area contributed by atoms with Gasteiger partial charge < -0.3 is 19.9 Å². The predicted molar refractivity (Wildman–Crippen MR) is 166 cm³/mol. The molecule has 9 nitrogen and oxygen atoms in total. The third-order valence-electron chi connectivity index (χ3n) is 9.43. The zero-order valence-corrected chi connectivity index (χ0v) is 25.0. The first-order valence-corrected chi connectivity index (χ1v) is 14.6. The van der Waals surface area contributed by atoms with E-state index in [1.165, 1.54) is 36.9 Å². The number of ether oxygens (including phenoxy) is 1. The lowest BCUT2D eigenvalue weighted by Crippen LogP contribution is -2.56. The number of methoxy groups -OCH3 is 1. The number of benzene rings is 3. The van der Waals surface area contributed by atoms with Crippen LogP contribution in [0.5, 0.6) is 5.75 Å². The highest BCUT2D eigenvalue weighted by Gasteiger charge is 2.63. The standard InChI is InChI=1S/C35H32N4O5/c1-19-9-12-25(44-4)24-16-35(33(42)38(2)34(43)39(35)3)29-28(26(19)24)32(41)30-27(31(29)40)23(18-37-30)13-14-36-17-20-10-11-21-7-5-6-8-22(21)15-20/h5-12,15,18,36-37H,13-14,16-17H2,1-4H3. The van der Waals surface area contributed by atoms with E-state index >= 15 is 0 Å². The first kappa shape index (κ1) is 27.8. The number of ketones is 2. The number of fused-ring (bicyclic) bond motifs is 5. The van der Waals surface area contributed by atoms with Crippen molar-refractivity contribution in [2.75, 3.05) is 27.7 Å². The molecule has 44 heavy (non-hydrogen) atoms. The smallest absolute Gasteiger partial charge is 0.327 e. The number of Topliss-reactive ketones (excluding diaryl/α,β-unsaturated/α-hetero) is 2. The Morgan fingerprint density at radius 3 is 2.45 bits per heavy atom. The van der Waals surface area contributed by atoms with Gasteiger partial charge in [-0.3, -0.25) is 19.3 Å². The summed E-state index contributed by atoms with van der Waals surface area (Å²) in [5, 5.41) is 5.81. The molecule has 2 N–H and O–H groups in total. The molecule has 0 bridgehead atoms. The van der Waals surface area contributed by atoms with Gasteiger partial charge in [0.25, 0.3) is 5.91 Å². The highest BCUT2D eigenvalue weighted by Crippen LogP contribution is 2.51. The molecule has 1 unspecified atom stereocenters. The van der Waals surface area contributed by atoms with Crippen LogP contribution < -0.4 is 10.1 Å². The molecule has 1 aliphatic heterocycles. The van der Waals surface area contributed by atoms with Gasteiger partial charge in [-0.05, 0) is 65.0 Å². The molecule has 3 aliphatic rings. The molecule has 1 saturated heterocycles. The fourth-order valence-electron chi connectivity index (χ4n) is 7.18. The molecule has 4 aromatic rings. The van der Waals surface area contributed by atoms with E-state index < -0.39 is 23.3 Å². The first-order valence-electron chi connectivity index (χ1n) is 14.6. The number of likely N-dealkylation sites (N-methyl/N-ethyl adjacent to an activating group) is 2. The quantitative estimate of drug-likeness (QED) is 0.254. The molecule has 1 aromatic heterocycles. The Kier molecular flexibility index (Phi) is 6.33. The van der Waals surface area contributed by atoms with Crippen molar-refractivity contribution >= 4 is 39.9 Å². The van der Waals surface area contributed by atoms with Crippen molar-refractivity contribution in [3.8, 4) is 5.75 Å². The molecule has 1 spiro atoms. The van der Waals surface area contributed by atoms with E-state index in [-0.39, 0.29) is 34.6 Å². The molecule has 7 rings (SSSR count). The maximum atomic E-state index is 14.6. The molecule has 0 saturated carbocycles. The van der Waals surface area contributed by atoms with Crippen LogP contribution in [0.2, 0.25) is 0 Å². The average Bonchev–Trinajstić information content (AvgIpc) is 3.53. The first-order chi connectivity index (χ1) is 21.2. The van der Waals surface area contributed by atoms with Crippen LogP contribution in [0.4, 0.5) is 4.79 Å². The second kappa shape index (κ2) is 10.0. The lowest BCUT2D eigenvalue weighted by Gasteiger charge is -2.42. The van der Waals surface area contributed by atoms with E-state index in [1.807, 2.05) is 25.1 Å². The number of H-pyrrole nitrogens is 1. The maximum absolute atomic E-state index is 14.6. The van der Waals surface area contributed by atoms with Crippen LogP contribution in [0.1, 0.15) is 48.7 Å². The Labute approximate surface area is 254 Å². The zero-order valence-electron chi connectivity index (χ0n) is 25.0. The molecule has 1 fully saturated rings. The fourth-order valence-corrected chi connectivity index (χ4v) is 7.18. The van der Waals surface area contributed by atoms with Crippen LogP contribution in [-0.4, -0.2) is 71.6 Å². The van der Waals surface area contributed by atoms with Crippen LogP contribution in [-0.2, 0) is 24.2 Å². The summed E-state index contributed by atoms with van der Waals surface area (Å²) in [5.41, 5.74) is 2.87. The number of nitrogens with one attached hydrogen (secondary N) is 2. The number of urea groups is 1. The largest absolute Gasteiger partial charge is 0.496 e. The van der Waals surface area contributed by atoms with Gasteiger partial charge in [-0.1, -0.05) is 42.5 Å². The minimum Gasteiger partial charge on any atom is -0.496 e. The topological polar surface area (TPSA) is 112 Å². The molecule has 1 atom stereocenters. The number of aromatic amines is 1. The third-order valence-corrected chi connectivity index (χ3v) is 9.43. The molecular formula is C35H32N4O5. The monoisotopic (exact) mass is 588 g/mol. The SMILES string of the molecule is COc1ccc(C)c2c1CC1(C(=O)N(C)C(=O)N1C)C1=C2C(=O)c2[nH]cc(CCNCc3ccc4ccccc4c3)c2C1=O. The van der Waals surface area contributed by atoms with Crippen LogP contribution in [0.25, 0.3) is 16.3 Å². The van der Waals surface area contributed by atoms with Gasteiger partial charge >= 0.3 is 6.03 Å². The number of carbonyl (C=O) groups is 4. The van der Waals surface area contributed by atoms with Gasteiger partial charge in [-0.2, -0.15) is 0 Å². The Morgan fingerprint density at radius 2 is 1.73 bits per heavy atom. The Balaban J connectivity index is 1.26. The minimum absolute atomic E-state index is 0.0266. The van der Waals surface area contributed by atoms with Gasteiger partial charge in [0, 0.05) is 50.0 Å².